The average molecular weight is 463 g/mol. The minimum Gasteiger partial charge on any atom is -0.385 e. The van der Waals surface area contributed by atoms with Crippen LogP contribution in [0, 0.1) is 10.1 Å². The van der Waals surface area contributed by atoms with Crippen LogP contribution in [0.4, 0.5) is 5.69 Å². The monoisotopic (exact) mass is 462 g/mol. The first kappa shape index (κ1) is 23.7. The summed E-state index contributed by atoms with van der Waals surface area (Å²) in [6.07, 6.45) is 4.37. The molecule has 172 valence electrons. The summed E-state index contributed by atoms with van der Waals surface area (Å²) >= 11 is 6.17. The predicted molar refractivity (Wildman–Crippen MR) is 119 cm³/mol. The van der Waals surface area contributed by atoms with Crippen molar-refractivity contribution in [2.24, 2.45) is 7.05 Å². The summed E-state index contributed by atoms with van der Waals surface area (Å²) in [6.45, 7) is 1.11. The van der Waals surface area contributed by atoms with E-state index in [2.05, 4.69) is 0 Å². The second kappa shape index (κ2) is 10.6. The smallest absolute Gasteiger partial charge is 0.270 e. The highest BCUT2D eigenvalue weighted by atomic mass is 35.5. The fourth-order valence-electron chi connectivity index (χ4n) is 3.51. The number of hydrogen-bond acceptors (Lipinski definition) is 5. The van der Waals surface area contributed by atoms with E-state index in [4.69, 9.17) is 16.3 Å². The molecule has 0 unspecified atom stereocenters. The summed E-state index contributed by atoms with van der Waals surface area (Å²) in [5.74, 6) is -0.582. The van der Waals surface area contributed by atoms with E-state index >= 15 is 0 Å². The zero-order valence-electron chi connectivity index (χ0n) is 18.2. The second-order valence-electron chi connectivity index (χ2n) is 7.86. The molecule has 0 N–H and O–H groups in total. The van der Waals surface area contributed by atoms with E-state index in [9.17, 15) is 19.7 Å². The number of nitrogens with zero attached hydrogens (tertiary/aromatic N) is 4. The highest BCUT2D eigenvalue weighted by Crippen LogP contribution is 2.29. The lowest BCUT2D eigenvalue weighted by atomic mass is 10.1. The summed E-state index contributed by atoms with van der Waals surface area (Å²) in [5.41, 5.74) is 0.944. The molecule has 9 nitrogen and oxygen atoms in total. The fourth-order valence-corrected chi connectivity index (χ4v) is 3.77. The van der Waals surface area contributed by atoms with Gasteiger partial charge in [-0.25, -0.2) is 0 Å². The van der Waals surface area contributed by atoms with Gasteiger partial charge in [-0.15, -0.1) is 0 Å². The number of non-ortho nitro benzene ring substituents is 1. The van der Waals surface area contributed by atoms with E-state index in [1.807, 2.05) is 34.8 Å². The lowest BCUT2D eigenvalue weighted by Crippen LogP contribution is -2.44. The van der Waals surface area contributed by atoms with Gasteiger partial charge in [0.25, 0.3) is 11.6 Å². The molecule has 1 heterocycles. The highest BCUT2D eigenvalue weighted by molar-refractivity contribution is 6.34. The molecule has 0 spiro atoms. The Morgan fingerprint density at radius 1 is 1.31 bits per heavy atom. The Kier molecular flexibility index (Phi) is 7.87. The van der Waals surface area contributed by atoms with Gasteiger partial charge in [0.1, 0.15) is 6.54 Å². The molecule has 1 fully saturated rings. The van der Waals surface area contributed by atoms with Crippen molar-refractivity contribution in [1.29, 1.82) is 0 Å². The van der Waals surface area contributed by atoms with Crippen LogP contribution in [0.25, 0.3) is 0 Å². The van der Waals surface area contributed by atoms with Crippen molar-refractivity contribution in [1.82, 2.24) is 14.4 Å². The van der Waals surface area contributed by atoms with Crippen LogP contribution >= 0.6 is 11.6 Å². The third kappa shape index (κ3) is 5.86. The molecule has 0 atom stereocenters. The van der Waals surface area contributed by atoms with Gasteiger partial charge in [0.15, 0.2) is 0 Å². The number of rotatable bonds is 11. The fraction of sp³-hybridized carbons (Fsp3) is 0.455. The molecular weight excluding hydrogens is 436 g/mol. The minimum atomic E-state index is -0.572. The van der Waals surface area contributed by atoms with Gasteiger partial charge in [-0.2, -0.15) is 0 Å². The molecule has 1 aliphatic carbocycles. The number of benzene rings is 1. The molecule has 0 bridgehead atoms. The lowest BCUT2D eigenvalue weighted by Gasteiger charge is -2.28. The molecule has 32 heavy (non-hydrogen) atoms. The van der Waals surface area contributed by atoms with Crippen molar-refractivity contribution in [3.63, 3.8) is 0 Å². The van der Waals surface area contributed by atoms with Crippen LogP contribution in [0.2, 0.25) is 5.02 Å². The van der Waals surface area contributed by atoms with Crippen molar-refractivity contribution in [2.45, 2.75) is 31.8 Å². The number of ether oxygens (including phenoxy) is 1. The first-order valence-electron chi connectivity index (χ1n) is 10.4. The van der Waals surface area contributed by atoms with Gasteiger partial charge in [0.2, 0.25) is 5.91 Å². The van der Waals surface area contributed by atoms with E-state index in [0.29, 0.717) is 26.1 Å². The Morgan fingerprint density at radius 2 is 2.06 bits per heavy atom. The van der Waals surface area contributed by atoms with Gasteiger partial charge >= 0.3 is 0 Å². The zero-order chi connectivity index (χ0) is 23.3. The SMILES string of the molecule is COCCCN(CC(=O)N(Cc1cccn1C)C1CC1)C(=O)c1ccc([N+](=O)[O-])cc1Cl. The molecule has 0 aliphatic heterocycles. The quantitative estimate of drug-likeness (QED) is 0.290. The van der Waals surface area contributed by atoms with Gasteiger partial charge < -0.3 is 19.1 Å². The number of nitro benzene ring substituents is 1. The Bertz CT molecular complexity index is 988. The van der Waals surface area contributed by atoms with Crippen molar-refractivity contribution in [3.05, 3.63) is 62.9 Å². The van der Waals surface area contributed by atoms with Crippen molar-refractivity contribution < 1.29 is 19.2 Å². The van der Waals surface area contributed by atoms with Gasteiger partial charge in [-0.1, -0.05) is 11.6 Å². The molecule has 1 aromatic carbocycles. The number of methoxy groups -OCH3 is 1. The van der Waals surface area contributed by atoms with Crippen LogP contribution in [0.3, 0.4) is 0 Å². The van der Waals surface area contributed by atoms with E-state index in [-0.39, 0.29) is 34.8 Å². The highest BCUT2D eigenvalue weighted by Gasteiger charge is 2.34. The van der Waals surface area contributed by atoms with Crippen LogP contribution < -0.4 is 0 Å². The largest absolute Gasteiger partial charge is 0.385 e. The van der Waals surface area contributed by atoms with Crippen LogP contribution in [0.1, 0.15) is 35.3 Å². The number of hydrogen-bond donors (Lipinski definition) is 0. The molecule has 0 radical (unpaired) electrons. The van der Waals surface area contributed by atoms with Crippen LogP contribution in [-0.4, -0.2) is 64.0 Å². The van der Waals surface area contributed by atoms with Gasteiger partial charge in [0, 0.05) is 57.4 Å². The summed E-state index contributed by atoms with van der Waals surface area (Å²) in [6, 6.07) is 7.80. The maximum atomic E-state index is 13.2. The molecule has 2 amide bonds. The summed E-state index contributed by atoms with van der Waals surface area (Å²) in [7, 11) is 3.50. The summed E-state index contributed by atoms with van der Waals surface area (Å²) in [4.78, 5) is 40.1. The molecule has 1 saturated carbocycles. The van der Waals surface area contributed by atoms with Crippen LogP contribution in [0.5, 0.6) is 0 Å². The number of carbonyl (C=O) groups is 2. The second-order valence-corrected chi connectivity index (χ2v) is 8.26. The molecular formula is C22H27ClN4O5. The summed E-state index contributed by atoms with van der Waals surface area (Å²) < 4.78 is 7.06. The normalized spacial score (nSPS) is 13.1. The van der Waals surface area contributed by atoms with E-state index in [1.54, 1.807) is 7.11 Å². The minimum absolute atomic E-state index is 0.0174. The van der Waals surface area contributed by atoms with Gasteiger partial charge in [0.05, 0.1) is 22.1 Å². The number of halogens is 1. The van der Waals surface area contributed by atoms with E-state index in [0.717, 1.165) is 24.6 Å². The Labute approximate surface area is 191 Å². The molecule has 1 aromatic heterocycles. The molecule has 1 aliphatic rings. The first-order chi connectivity index (χ1) is 15.3. The standard InChI is InChI=1S/C22H27ClN4O5/c1-24-10-3-5-18(24)14-26(16-6-7-16)21(28)15-25(11-4-12-32-2)22(29)19-9-8-17(27(30)31)13-20(19)23/h3,5,8-10,13,16H,4,6-7,11-12,14-15H2,1-2H3. The Hall–Kier alpha value is -2.91. The molecule has 10 heteroatoms. The summed E-state index contributed by atoms with van der Waals surface area (Å²) in [5, 5.41) is 11.0. The first-order valence-corrected chi connectivity index (χ1v) is 10.8. The Balaban J connectivity index is 1.78. The Morgan fingerprint density at radius 3 is 2.62 bits per heavy atom. The number of amides is 2. The number of carbonyl (C=O) groups excluding carboxylic acids is 2. The lowest BCUT2D eigenvalue weighted by molar-refractivity contribution is -0.384. The predicted octanol–water partition coefficient (Wildman–Crippen LogP) is 3.26. The molecule has 2 aromatic rings. The van der Waals surface area contributed by atoms with E-state index in [1.165, 1.54) is 17.0 Å². The number of nitro groups is 1. The maximum Gasteiger partial charge on any atom is 0.270 e. The maximum absolute atomic E-state index is 13.2. The number of aromatic nitrogens is 1. The van der Waals surface area contributed by atoms with Crippen molar-refractivity contribution in [2.75, 3.05) is 26.8 Å². The van der Waals surface area contributed by atoms with Crippen LogP contribution in [0.15, 0.2) is 36.5 Å². The number of aryl methyl sites for hydroxylation is 1. The average Bonchev–Trinajstić information content (AvgIpc) is 3.52. The van der Waals surface area contributed by atoms with Gasteiger partial charge in [-0.05, 0) is 37.5 Å². The van der Waals surface area contributed by atoms with Crippen LogP contribution in [-0.2, 0) is 23.1 Å². The third-order valence-electron chi connectivity index (χ3n) is 5.48. The third-order valence-corrected chi connectivity index (χ3v) is 5.79. The zero-order valence-corrected chi connectivity index (χ0v) is 19.0. The molecule has 3 rings (SSSR count). The van der Waals surface area contributed by atoms with E-state index < -0.39 is 10.8 Å². The van der Waals surface area contributed by atoms with Gasteiger partial charge in [-0.3, -0.25) is 19.7 Å². The topological polar surface area (TPSA) is 97.9 Å². The van der Waals surface area contributed by atoms with Crippen molar-refractivity contribution in [3.8, 4) is 0 Å². The molecule has 0 saturated heterocycles. The van der Waals surface area contributed by atoms with Crippen molar-refractivity contribution >= 4 is 29.1 Å².